The fraction of sp³-hybridized carbons (Fsp3) is 1.00. The van der Waals surface area contributed by atoms with Gasteiger partial charge in [-0.1, -0.05) is 149 Å². The first-order valence-electron chi connectivity index (χ1n) is 15.1. The largest absolute Gasteiger partial charge is 0.393 e. The zero-order chi connectivity index (χ0) is 23.4. The van der Waals surface area contributed by atoms with E-state index < -0.39 is 0 Å². The molecule has 0 aliphatic heterocycles. The lowest BCUT2D eigenvalue weighted by atomic mass is 10.0. The third-order valence-electron chi connectivity index (χ3n) is 6.86. The molecule has 0 aliphatic rings. The van der Waals surface area contributed by atoms with Gasteiger partial charge in [-0.15, -0.1) is 0 Å². The highest BCUT2D eigenvalue weighted by Crippen LogP contribution is 2.14. The van der Waals surface area contributed by atoms with Gasteiger partial charge >= 0.3 is 0 Å². The summed E-state index contributed by atoms with van der Waals surface area (Å²) in [5.74, 6) is 0. The van der Waals surface area contributed by atoms with Crippen molar-refractivity contribution in [2.75, 3.05) is 13.2 Å². The fourth-order valence-electron chi connectivity index (χ4n) is 4.57. The zero-order valence-corrected chi connectivity index (χ0v) is 22.5. The molecule has 0 aromatic carbocycles. The van der Waals surface area contributed by atoms with Gasteiger partial charge in [-0.3, -0.25) is 0 Å². The molecule has 0 saturated heterocycles. The lowest BCUT2D eigenvalue weighted by Gasteiger charge is -2.10. The number of rotatable bonds is 28. The molecule has 0 aromatic heterocycles. The molecule has 0 heterocycles. The molecular formula is C30H62O2. The highest BCUT2D eigenvalue weighted by Gasteiger charge is 2.03. The first-order chi connectivity index (χ1) is 15.8. The van der Waals surface area contributed by atoms with Gasteiger partial charge in [0.2, 0.25) is 0 Å². The minimum absolute atomic E-state index is 0.0424. The summed E-state index contributed by atoms with van der Waals surface area (Å²) in [6, 6.07) is 0. The van der Waals surface area contributed by atoms with Crippen molar-refractivity contribution in [3.8, 4) is 0 Å². The minimum Gasteiger partial charge on any atom is -0.393 e. The number of ether oxygens (including phenoxy) is 1. The molecule has 2 nitrogen and oxygen atoms in total. The molecule has 0 saturated carbocycles. The van der Waals surface area contributed by atoms with Crippen LogP contribution >= 0.6 is 0 Å². The van der Waals surface area contributed by atoms with Crippen molar-refractivity contribution in [2.24, 2.45) is 0 Å². The first-order valence-corrected chi connectivity index (χ1v) is 15.1. The maximum Gasteiger partial charge on any atom is 0.0540 e. The summed E-state index contributed by atoms with van der Waals surface area (Å²) in [4.78, 5) is 0. The van der Waals surface area contributed by atoms with E-state index in [0.717, 1.165) is 26.1 Å². The zero-order valence-electron chi connectivity index (χ0n) is 22.5. The molecule has 0 fully saturated rings. The van der Waals surface area contributed by atoms with Gasteiger partial charge in [0.15, 0.2) is 0 Å². The molecule has 2 heteroatoms. The Balaban J connectivity index is 3.06. The van der Waals surface area contributed by atoms with Gasteiger partial charge in [0.25, 0.3) is 0 Å². The van der Waals surface area contributed by atoms with E-state index >= 15 is 0 Å². The van der Waals surface area contributed by atoms with Crippen molar-refractivity contribution < 1.29 is 9.84 Å². The van der Waals surface area contributed by atoms with Crippen LogP contribution in [-0.2, 0) is 4.74 Å². The Bertz CT molecular complexity index is 318. The van der Waals surface area contributed by atoms with Crippen LogP contribution in [0.15, 0.2) is 0 Å². The summed E-state index contributed by atoms with van der Waals surface area (Å²) in [6.07, 6.45) is 33.0. The van der Waals surface area contributed by atoms with E-state index in [2.05, 4.69) is 13.8 Å². The molecule has 1 unspecified atom stereocenters. The summed E-state index contributed by atoms with van der Waals surface area (Å²) in [5.41, 5.74) is 0. The molecule has 0 amide bonds. The third-order valence-corrected chi connectivity index (χ3v) is 6.86. The Kier molecular flexibility index (Phi) is 28.9. The van der Waals surface area contributed by atoms with Crippen LogP contribution in [0, 0.1) is 0 Å². The van der Waals surface area contributed by atoms with Gasteiger partial charge in [-0.25, -0.2) is 0 Å². The number of aliphatic hydroxyl groups is 1. The van der Waals surface area contributed by atoms with Crippen LogP contribution in [0.2, 0.25) is 0 Å². The third kappa shape index (κ3) is 28.0. The lowest BCUT2D eigenvalue weighted by molar-refractivity contribution is 0.125. The highest BCUT2D eigenvalue weighted by molar-refractivity contribution is 4.57. The number of hydrogen-bond donors (Lipinski definition) is 1. The van der Waals surface area contributed by atoms with Crippen molar-refractivity contribution >= 4 is 0 Å². The highest BCUT2D eigenvalue weighted by atomic mass is 16.5. The molecule has 32 heavy (non-hydrogen) atoms. The summed E-state index contributed by atoms with van der Waals surface area (Å²) >= 11 is 0. The molecule has 1 N–H and O–H groups in total. The summed E-state index contributed by atoms with van der Waals surface area (Å²) < 4.78 is 5.81. The Labute approximate surface area is 203 Å². The van der Waals surface area contributed by atoms with Crippen LogP contribution in [0.3, 0.4) is 0 Å². The summed E-state index contributed by atoms with van der Waals surface area (Å²) in [5, 5.41) is 10.0. The number of hydrogen-bond acceptors (Lipinski definition) is 2. The molecule has 0 rings (SSSR count). The molecular weight excluding hydrogens is 392 g/mol. The van der Waals surface area contributed by atoms with E-state index in [-0.39, 0.29) is 6.10 Å². The normalized spacial score (nSPS) is 12.5. The maximum atomic E-state index is 10.0. The van der Waals surface area contributed by atoms with Gasteiger partial charge < -0.3 is 9.84 Å². The molecule has 0 radical (unpaired) electrons. The molecule has 1 atom stereocenters. The van der Waals surface area contributed by atoms with E-state index in [9.17, 15) is 5.11 Å². The van der Waals surface area contributed by atoms with Crippen LogP contribution in [0.4, 0.5) is 0 Å². The fourth-order valence-corrected chi connectivity index (χ4v) is 4.57. The van der Waals surface area contributed by atoms with Crippen LogP contribution < -0.4 is 0 Å². The predicted octanol–water partition coefficient (Wildman–Crippen LogP) is 10.2. The monoisotopic (exact) mass is 454 g/mol. The standard InChI is InChI=1S/C30H62O2/c1-3-5-7-9-10-11-14-17-20-24-28-32-29-25-21-18-15-12-13-16-19-23-27-30(31)26-22-8-6-4-2/h30-31H,3-29H2,1-2H3. The van der Waals surface area contributed by atoms with E-state index in [1.54, 1.807) is 0 Å². The van der Waals surface area contributed by atoms with Gasteiger partial charge in [0.05, 0.1) is 6.10 Å². The van der Waals surface area contributed by atoms with Crippen molar-refractivity contribution in [3.63, 3.8) is 0 Å². The molecule has 0 bridgehead atoms. The van der Waals surface area contributed by atoms with Crippen LogP contribution in [0.5, 0.6) is 0 Å². The molecule has 194 valence electrons. The Morgan fingerprint density at radius 2 is 0.688 bits per heavy atom. The molecule has 0 aliphatic carbocycles. The molecule has 0 aromatic rings. The SMILES string of the molecule is CCCCCCCCCCCCOCCCCCCCCCCCC(O)CCCCCC. The van der Waals surface area contributed by atoms with Gasteiger partial charge in [0.1, 0.15) is 0 Å². The van der Waals surface area contributed by atoms with Crippen LogP contribution in [0.25, 0.3) is 0 Å². The Hall–Kier alpha value is -0.0800. The summed E-state index contributed by atoms with van der Waals surface area (Å²) in [7, 11) is 0. The van der Waals surface area contributed by atoms with Crippen molar-refractivity contribution in [3.05, 3.63) is 0 Å². The van der Waals surface area contributed by atoms with E-state index in [0.29, 0.717) is 0 Å². The lowest BCUT2D eigenvalue weighted by Crippen LogP contribution is -2.05. The van der Waals surface area contributed by atoms with Crippen LogP contribution in [0.1, 0.15) is 174 Å². The Morgan fingerprint density at radius 1 is 0.406 bits per heavy atom. The van der Waals surface area contributed by atoms with Crippen molar-refractivity contribution in [1.82, 2.24) is 0 Å². The average Bonchev–Trinajstić information content (AvgIpc) is 2.80. The van der Waals surface area contributed by atoms with Crippen LogP contribution in [-0.4, -0.2) is 24.4 Å². The van der Waals surface area contributed by atoms with E-state index in [1.165, 1.54) is 148 Å². The second-order valence-corrected chi connectivity index (χ2v) is 10.3. The van der Waals surface area contributed by atoms with Gasteiger partial charge in [-0.2, -0.15) is 0 Å². The minimum atomic E-state index is -0.0424. The average molecular weight is 455 g/mol. The van der Waals surface area contributed by atoms with E-state index in [4.69, 9.17) is 4.74 Å². The topological polar surface area (TPSA) is 29.5 Å². The Morgan fingerprint density at radius 3 is 1.06 bits per heavy atom. The number of unbranched alkanes of at least 4 members (excludes halogenated alkanes) is 20. The number of aliphatic hydroxyl groups excluding tert-OH is 1. The van der Waals surface area contributed by atoms with E-state index in [1.807, 2.05) is 0 Å². The second kappa shape index (κ2) is 29.0. The smallest absolute Gasteiger partial charge is 0.0540 e. The maximum absolute atomic E-state index is 10.0. The first kappa shape index (κ1) is 31.9. The summed E-state index contributed by atoms with van der Waals surface area (Å²) in [6.45, 7) is 6.48. The van der Waals surface area contributed by atoms with Gasteiger partial charge in [0, 0.05) is 13.2 Å². The quantitative estimate of drug-likeness (QED) is 0.119. The predicted molar refractivity (Wildman–Crippen MR) is 144 cm³/mol. The second-order valence-electron chi connectivity index (χ2n) is 10.3. The van der Waals surface area contributed by atoms with Crippen molar-refractivity contribution in [2.45, 2.75) is 180 Å². The molecule has 0 spiro atoms. The van der Waals surface area contributed by atoms with Crippen molar-refractivity contribution in [1.29, 1.82) is 0 Å². The van der Waals surface area contributed by atoms with Gasteiger partial charge in [-0.05, 0) is 25.7 Å².